The third-order valence-electron chi connectivity index (χ3n) is 2.90. The molecular formula is C16H15ClOS. The summed E-state index contributed by atoms with van der Waals surface area (Å²) in [6.45, 7) is 3.89. The first-order valence-electron chi connectivity index (χ1n) is 6.00. The van der Waals surface area contributed by atoms with E-state index in [-0.39, 0.29) is 0 Å². The number of rotatable bonds is 3. The van der Waals surface area contributed by atoms with Crippen LogP contribution in [0.2, 0.25) is 0 Å². The normalized spacial score (nSPS) is 13.8. The summed E-state index contributed by atoms with van der Waals surface area (Å²) in [7, 11) is -1.32. The van der Waals surface area contributed by atoms with Crippen molar-refractivity contribution < 1.29 is 4.21 Å². The molecule has 0 spiro atoms. The summed E-state index contributed by atoms with van der Waals surface area (Å²) in [5.74, 6) is 0. The topological polar surface area (TPSA) is 17.1 Å². The fourth-order valence-corrected chi connectivity index (χ4v) is 3.07. The quantitative estimate of drug-likeness (QED) is 0.798. The fourth-order valence-electron chi connectivity index (χ4n) is 1.71. The lowest BCUT2D eigenvalue weighted by atomic mass is 10.1. The predicted molar refractivity (Wildman–Crippen MR) is 82.5 cm³/mol. The van der Waals surface area contributed by atoms with Crippen molar-refractivity contribution in [1.29, 1.82) is 0 Å². The Morgan fingerprint density at radius 2 is 1.58 bits per heavy atom. The van der Waals surface area contributed by atoms with Gasteiger partial charge in [-0.1, -0.05) is 59.6 Å². The number of hydrogen-bond acceptors (Lipinski definition) is 1. The van der Waals surface area contributed by atoms with E-state index in [0.29, 0.717) is 4.36 Å². The first kappa shape index (κ1) is 14.0. The minimum absolute atomic E-state index is 0.384. The van der Waals surface area contributed by atoms with Crippen LogP contribution in [0.1, 0.15) is 18.1 Å². The van der Waals surface area contributed by atoms with Crippen molar-refractivity contribution in [1.82, 2.24) is 0 Å². The molecule has 0 bridgehead atoms. The molecule has 3 heteroatoms. The van der Waals surface area contributed by atoms with Gasteiger partial charge in [-0.25, -0.2) is 4.21 Å². The maximum atomic E-state index is 12.4. The minimum Gasteiger partial charge on any atom is -0.248 e. The van der Waals surface area contributed by atoms with Gasteiger partial charge in [0.15, 0.2) is 0 Å². The summed E-state index contributed by atoms with van der Waals surface area (Å²) in [5.41, 5.74) is 2.98. The average molecular weight is 291 g/mol. The molecule has 0 radical (unpaired) electrons. The van der Waals surface area contributed by atoms with Gasteiger partial charge in [0.2, 0.25) is 0 Å². The second-order valence-corrected chi connectivity index (χ2v) is 6.37. The number of aryl methyl sites for hydroxylation is 1. The van der Waals surface area contributed by atoms with Crippen LogP contribution in [-0.2, 0) is 10.8 Å². The summed E-state index contributed by atoms with van der Waals surface area (Å²) in [4.78, 5) is 0.728. The number of benzene rings is 2. The van der Waals surface area contributed by atoms with Crippen molar-refractivity contribution in [3.63, 3.8) is 0 Å². The molecule has 1 atom stereocenters. The molecule has 0 amide bonds. The monoisotopic (exact) mass is 290 g/mol. The lowest BCUT2D eigenvalue weighted by molar-refractivity contribution is 0.688. The van der Waals surface area contributed by atoms with Gasteiger partial charge in [-0.05, 0) is 37.1 Å². The molecule has 0 saturated carbocycles. The summed E-state index contributed by atoms with van der Waals surface area (Å²) < 4.78 is 12.8. The predicted octanol–water partition coefficient (Wildman–Crippen LogP) is 4.73. The number of allylic oxidation sites excluding steroid dienone is 1. The van der Waals surface area contributed by atoms with Gasteiger partial charge in [0.05, 0.1) is 10.8 Å². The van der Waals surface area contributed by atoms with E-state index in [9.17, 15) is 4.21 Å². The molecule has 0 aromatic heterocycles. The first-order valence-corrected chi connectivity index (χ1v) is 7.52. The zero-order valence-electron chi connectivity index (χ0n) is 10.9. The summed E-state index contributed by atoms with van der Waals surface area (Å²) in [5, 5.41) is 0. The second-order valence-electron chi connectivity index (χ2n) is 4.35. The molecule has 0 aliphatic carbocycles. The highest BCUT2D eigenvalue weighted by Crippen LogP contribution is 2.27. The van der Waals surface area contributed by atoms with E-state index in [1.54, 1.807) is 0 Å². The van der Waals surface area contributed by atoms with Crippen molar-refractivity contribution >= 4 is 28.0 Å². The Morgan fingerprint density at radius 3 is 2.16 bits per heavy atom. The highest BCUT2D eigenvalue weighted by atomic mass is 35.5. The number of hydrogen-bond donors (Lipinski definition) is 0. The van der Waals surface area contributed by atoms with Gasteiger partial charge in [0.25, 0.3) is 0 Å². The summed E-state index contributed by atoms with van der Waals surface area (Å²) in [6.07, 6.45) is 0. The third-order valence-corrected chi connectivity index (χ3v) is 4.94. The Labute approximate surface area is 121 Å². The van der Waals surface area contributed by atoms with Gasteiger partial charge in [-0.3, -0.25) is 0 Å². The van der Waals surface area contributed by atoms with Crippen molar-refractivity contribution in [2.24, 2.45) is 0 Å². The van der Waals surface area contributed by atoms with Crippen LogP contribution in [0.4, 0.5) is 0 Å². The van der Waals surface area contributed by atoms with Gasteiger partial charge >= 0.3 is 0 Å². The smallest absolute Gasteiger partial charge is 0.113 e. The Morgan fingerprint density at radius 1 is 1.00 bits per heavy atom. The lowest BCUT2D eigenvalue weighted by Crippen LogP contribution is -1.94. The first-order chi connectivity index (χ1) is 9.09. The molecular weight excluding hydrogens is 276 g/mol. The Balaban J connectivity index is 2.35. The van der Waals surface area contributed by atoms with Gasteiger partial charge < -0.3 is 0 Å². The molecule has 0 aliphatic heterocycles. The SMILES string of the molecule is C/C(=C(/Cl)[S@@](=O)c1ccc(C)cc1)c1ccccc1. The molecule has 0 heterocycles. The zero-order valence-corrected chi connectivity index (χ0v) is 12.5. The van der Waals surface area contributed by atoms with Crippen molar-refractivity contribution in [2.75, 3.05) is 0 Å². The van der Waals surface area contributed by atoms with Crippen LogP contribution in [0.15, 0.2) is 63.9 Å². The van der Waals surface area contributed by atoms with Gasteiger partial charge in [-0.15, -0.1) is 0 Å². The minimum atomic E-state index is -1.32. The van der Waals surface area contributed by atoms with Crippen molar-refractivity contribution in [3.8, 4) is 0 Å². The largest absolute Gasteiger partial charge is 0.248 e. The molecule has 1 nitrogen and oxygen atoms in total. The highest BCUT2D eigenvalue weighted by Gasteiger charge is 2.12. The lowest BCUT2D eigenvalue weighted by Gasteiger charge is -2.06. The van der Waals surface area contributed by atoms with Crippen LogP contribution >= 0.6 is 11.6 Å². The summed E-state index contributed by atoms with van der Waals surface area (Å²) >= 11 is 6.27. The standard InChI is InChI=1S/C16H15ClOS/c1-12-8-10-15(11-9-12)19(18)16(17)13(2)14-6-4-3-5-7-14/h3-11H,1-2H3/b16-13+/t19-/m0/s1. The van der Waals surface area contributed by atoms with Crippen molar-refractivity contribution in [2.45, 2.75) is 18.7 Å². The fraction of sp³-hybridized carbons (Fsp3) is 0.125. The van der Waals surface area contributed by atoms with Gasteiger partial charge in [0, 0.05) is 4.90 Å². The molecule has 0 N–H and O–H groups in total. The van der Waals surface area contributed by atoms with E-state index in [2.05, 4.69) is 0 Å². The highest BCUT2D eigenvalue weighted by molar-refractivity contribution is 7.91. The van der Waals surface area contributed by atoms with Gasteiger partial charge in [0.1, 0.15) is 4.36 Å². The van der Waals surface area contributed by atoms with Crippen LogP contribution in [0.5, 0.6) is 0 Å². The average Bonchev–Trinajstić information content (AvgIpc) is 2.46. The van der Waals surface area contributed by atoms with Crippen LogP contribution in [-0.4, -0.2) is 4.21 Å². The van der Waals surface area contributed by atoms with E-state index in [0.717, 1.165) is 21.6 Å². The molecule has 2 aromatic carbocycles. The molecule has 98 valence electrons. The van der Waals surface area contributed by atoms with E-state index in [4.69, 9.17) is 11.6 Å². The molecule has 0 fully saturated rings. The van der Waals surface area contributed by atoms with E-state index < -0.39 is 10.8 Å². The molecule has 0 saturated heterocycles. The molecule has 2 rings (SSSR count). The molecule has 0 aliphatic rings. The third kappa shape index (κ3) is 3.34. The molecule has 19 heavy (non-hydrogen) atoms. The number of halogens is 1. The van der Waals surface area contributed by atoms with E-state index in [1.807, 2.05) is 68.4 Å². The van der Waals surface area contributed by atoms with Crippen LogP contribution in [0.3, 0.4) is 0 Å². The molecule has 2 aromatic rings. The Hall–Kier alpha value is -1.38. The van der Waals surface area contributed by atoms with E-state index in [1.165, 1.54) is 0 Å². The Bertz CT molecular complexity index is 615. The molecule has 0 unspecified atom stereocenters. The van der Waals surface area contributed by atoms with Crippen LogP contribution in [0, 0.1) is 6.92 Å². The van der Waals surface area contributed by atoms with Crippen LogP contribution < -0.4 is 0 Å². The maximum Gasteiger partial charge on any atom is 0.113 e. The van der Waals surface area contributed by atoms with E-state index >= 15 is 0 Å². The van der Waals surface area contributed by atoms with Crippen molar-refractivity contribution in [3.05, 3.63) is 70.1 Å². The van der Waals surface area contributed by atoms with Gasteiger partial charge in [-0.2, -0.15) is 0 Å². The second kappa shape index (κ2) is 6.18. The Kier molecular flexibility index (Phi) is 4.56. The summed E-state index contributed by atoms with van der Waals surface area (Å²) in [6, 6.07) is 17.3. The van der Waals surface area contributed by atoms with Crippen LogP contribution in [0.25, 0.3) is 5.57 Å². The zero-order chi connectivity index (χ0) is 13.8. The maximum absolute atomic E-state index is 12.4.